The van der Waals surface area contributed by atoms with Crippen LogP contribution in [0.25, 0.3) is 0 Å². The van der Waals surface area contributed by atoms with Gasteiger partial charge >= 0.3 is 6.09 Å². The highest BCUT2D eigenvalue weighted by molar-refractivity contribution is 5.64. The van der Waals surface area contributed by atoms with Gasteiger partial charge in [0, 0.05) is 18.2 Å². The highest BCUT2D eigenvalue weighted by atomic mass is 16.6. The molecule has 0 aliphatic rings. The van der Waals surface area contributed by atoms with Crippen LogP contribution >= 0.6 is 0 Å². The van der Waals surface area contributed by atoms with Gasteiger partial charge in [-0.3, -0.25) is 10.1 Å². The third-order valence-electron chi connectivity index (χ3n) is 2.41. The summed E-state index contributed by atoms with van der Waals surface area (Å²) in [5.41, 5.74) is 0.853. The van der Waals surface area contributed by atoms with E-state index in [0.29, 0.717) is 12.8 Å². The lowest BCUT2D eigenvalue weighted by molar-refractivity contribution is -0.384. The second-order valence-electron chi connectivity index (χ2n) is 3.80. The van der Waals surface area contributed by atoms with Crippen molar-refractivity contribution in [2.75, 3.05) is 0 Å². The molecule has 0 saturated carbocycles. The maximum Gasteiger partial charge on any atom is 0.404 e. The number of nitrogens with zero attached hydrogens (tertiary/aromatic N) is 1. The minimum Gasteiger partial charge on any atom is -0.465 e. The van der Waals surface area contributed by atoms with E-state index < -0.39 is 11.0 Å². The van der Waals surface area contributed by atoms with Crippen LogP contribution in [0.5, 0.6) is 0 Å². The van der Waals surface area contributed by atoms with Gasteiger partial charge in [-0.2, -0.15) is 0 Å². The second-order valence-corrected chi connectivity index (χ2v) is 3.80. The van der Waals surface area contributed by atoms with Gasteiger partial charge in [0.15, 0.2) is 0 Å². The Kier molecular flexibility index (Phi) is 4.86. The maximum absolute atomic E-state index is 10.6. The molecule has 0 saturated heterocycles. The lowest BCUT2D eigenvalue weighted by atomic mass is 10.0. The van der Waals surface area contributed by atoms with Crippen LogP contribution in [0.2, 0.25) is 0 Å². The highest BCUT2D eigenvalue weighted by Gasteiger charge is 2.11. The van der Waals surface area contributed by atoms with Crippen LogP contribution in [0, 0.1) is 10.1 Å². The molecule has 1 aromatic rings. The lowest BCUT2D eigenvalue weighted by Gasteiger charge is -2.14. The topological polar surface area (TPSA) is 92.5 Å². The SMILES string of the molecule is C=CCC(Cc1ccc([N+](=O)[O-])cc1)NC(=O)O. The fourth-order valence-corrected chi connectivity index (χ4v) is 1.61. The van der Waals surface area contributed by atoms with Crippen molar-refractivity contribution in [3.63, 3.8) is 0 Å². The van der Waals surface area contributed by atoms with Gasteiger partial charge in [0.05, 0.1) is 4.92 Å². The average Bonchev–Trinajstić information content (AvgIpc) is 2.29. The number of hydrogen-bond donors (Lipinski definition) is 2. The van der Waals surface area contributed by atoms with E-state index in [0.717, 1.165) is 5.56 Å². The van der Waals surface area contributed by atoms with E-state index in [-0.39, 0.29) is 11.7 Å². The molecule has 96 valence electrons. The second kappa shape index (κ2) is 6.39. The van der Waals surface area contributed by atoms with Crippen LogP contribution in [-0.2, 0) is 6.42 Å². The molecule has 0 fully saturated rings. The Bertz CT molecular complexity index is 442. The van der Waals surface area contributed by atoms with Crippen LogP contribution in [0.3, 0.4) is 0 Å². The fourth-order valence-electron chi connectivity index (χ4n) is 1.61. The minimum absolute atomic E-state index is 0.0187. The summed E-state index contributed by atoms with van der Waals surface area (Å²) in [7, 11) is 0. The first-order chi connectivity index (χ1) is 8.52. The number of carbonyl (C=O) groups is 1. The summed E-state index contributed by atoms with van der Waals surface area (Å²) in [5.74, 6) is 0. The van der Waals surface area contributed by atoms with E-state index in [1.807, 2.05) is 0 Å². The van der Waals surface area contributed by atoms with Crippen molar-refractivity contribution in [1.82, 2.24) is 5.32 Å². The summed E-state index contributed by atoms with van der Waals surface area (Å²) >= 11 is 0. The van der Waals surface area contributed by atoms with Crippen molar-refractivity contribution in [1.29, 1.82) is 0 Å². The Hall–Kier alpha value is -2.37. The maximum atomic E-state index is 10.6. The quantitative estimate of drug-likeness (QED) is 0.460. The number of nitrogens with one attached hydrogen (secondary N) is 1. The largest absolute Gasteiger partial charge is 0.465 e. The van der Waals surface area contributed by atoms with Gasteiger partial charge in [-0.05, 0) is 18.4 Å². The van der Waals surface area contributed by atoms with Crippen LogP contribution in [0.15, 0.2) is 36.9 Å². The zero-order chi connectivity index (χ0) is 13.5. The standard InChI is InChI=1S/C12H14N2O4/c1-2-3-10(13-12(15)16)8-9-4-6-11(7-5-9)14(17)18/h2,4-7,10,13H,1,3,8H2,(H,15,16). The van der Waals surface area contributed by atoms with Crippen molar-refractivity contribution in [2.24, 2.45) is 0 Å². The molecule has 0 aromatic heterocycles. The molecule has 1 rings (SSSR count). The number of amides is 1. The number of hydrogen-bond acceptors (Lipinski definition) is 3. The molecule has 6 heteroatoms. The smallest absolute Gasteiger partial charge is 0.404 e. The Morgan fingerprint density at radius 1 is 1.50 bits per heavy atom. The van der Waals surface area contributed by atoms with Crippen LogP contribution in [0.1, 0.15) is 12.0 Å². The van der Waals surface area contributed by atoms with Gasteiger partial charge in [-0.15, -0.1) is 6.58 Å². The van der Waals surface area contributed by atoms with Gasteiger partial charge in [-0.25, -0.2) is 4.79 Å². The number of carboxylic acid groups (broad SMARTS) is 1. The number of nitro groups is 1. The van der Waals surface area contributed by atoms with Gasteiger partial charge in [0.1, 0.15) is 0 Å². The molecule has 1 amide bonds. The van der Waals surface area contributed by atoms with Crippen molar-refractivity contribution in [2.45, 2.75) is 18.9 Å². The minimum atomic E-state index is -1.09. The molecule has 0 heterocycles. The Labute approximate surface area is 104 Å². The molecule has 2 N–H and O–H groups in total. The van der Waals surface area contributed by atoms with Crippen LogP contribution in [0.4, 0.5) is 10.5 Å². The normalized spacial score (nSPS) is 11.6. The molecule has 1 atom stereocenters. The van der Waals surface area contributed by atoms with Gasteiger partial charge in [0.2, 0.25) is 0 Å². The molecular weight excluding hydrogens is 236 g/mol. The van der Waals surface area contributed by atoms with Crippen LogP contribution < -0.4 is 5.32 Å². The molecule has 0 radical (unpaired) electrons. The summed E-state index contributed by atoms with van der Waals surface area (Å²) in [4.78, 5) is 20.6. The molecule has 0 aliphatic carbocycles. The van der Waals surface area contributed by atoms with E-state index in [1.165, 1.54) is 12.1 Å². The average molecular weight is 250 g/mol. The number of rotatable bonds is 6. The first kappa shape index (κ1) is 13.7. The van der Waals surface area contributed by atoms with Crippen molar-refractivity contribution < 1.29 is 14.8 Å². The van der Waals surface area contributed by atoms with Gasteiger partial charge in [-0.1, -0.05) is 18.2 Å². The zero-order valence-electron chi connectivity index (χ0n) is 9.70. The molecule has 18 heavy (non-hydrogen) atoms. The summed E-state index contributed by atoms with van der Waals surface area (Å²) in [6, 6.07) is 5.78. The van der Waals surface area contributed by atoms with Gasteiger partial charge < -0.3 is 10.4 Å². The first-order valence-corrected chi connectivity index (χ1v) is 5.36. The predicted octanol–water partition coefficient (Wildman–Crippen LogP) is 2.35. The monoisotopic (exact) mass is 250 g/mol. The molecule has 1 aromatic carbocycles. The summed E-state index contributed by atoms with van der Waals surface area (Å²) in [6.07, 6.45) is 1.51. The van der Waals surface area contributed by atoms with E-state index in [1.54, 1.807) is 18.2 Å². The van der Waals surface area contributed by atoms with E-state index >= 15 is 0 Å². The summed E-state index contributed by atoms with van der Waals surface area (Å²) in [6.45, 7) is 3.56. The molecule has 0 spiro atoms. The molecule has 6 nitrogen and oxygen atoms in total. The summed E-state index contributed by atoms with van der Waals surface area (Å²) in [5, 5.41) is 21.5. The third-order valence-corrected chi connectivity index (χ3v) is 2.41. The van der Waals surface area contributed by atoms with Crippen LogP contribution in [-0.4, -0.2) is 22.2 Å². The third kappa shape index (κ3) is 4.25. The van der Waals surface area contributed by atoms with Crippen molar-refractivity contribution in [3.8, 4) is 0 Å². The van der Waals surface area contributed by atoms with E-state index in [9.17, 15) is 14.9 Å². The Balaban J connectivity index is 2.71. The first-order valence-electron chi connectivity index (χ1n) is 5.36. The summed E-state index contributed by atoms with van der Waals surface area (Å²) < 4.78 is 0. The van der Waals surface area contributed by atoms with E-state index in [2.05, 4.69) is 11.9 Å². The molecule has 0 bridgehead atoms. The molecule has 0 aliphatic heterocycles. The highest BCUT2D eigenvalue weighted by Crippen LogP contribution is 2.14. The number of nitro benzene ring substituents is 1. The van der Waals surface area contributed by atoms with Gasteiger partial charge in [0.25, 0.3) is 5.69 Å². The fraction of sp³-hybridized carbons (Fsp3) is 0.250. The Morgan fingerprint density at radius 2 is 2.11 bits per heavy atom. The molecule has 1 unspecified atom stereocenters. The van der Waals surface area contributed by atoms with Crippen molar-refractivity contribution in [3.05, 3.63) is 52.6 Å². The molecular formula is C12H14N2O4. The number of benzene rings is 1. The zero-order valence-corrected chi connectivity index (χ0v) is 9.70. The lowest BCUT2D eigenvalue weighted by Crippen LogP contribution is -2.34. The van der Waals surface area contributed by atoms with Crippen molar-refractivity contribution >= 4 is 11.8 Å². The number of non-ortho nitro benzene ring substituents is 1. The predicted molar refractivity (Wildman–Crippen MR) is 66.6 cm³/mol. The van der Waals surface area contributed by atoms with E-state index in [4.69, 9.17) is 5.11 Å². The Morgan fingerprint density at radius 3 is 2.56 bits per heavy atom.